The Kier molecular flexibility index (Phi) is 14.0. The van der Waals surface area contributed by atoms with E-state index in [-0.39, 0.29) is 36.4 Å². The molecule has 61 heavy (non-hydrogen) atoms. The van der Waals surface area contributed by atoms with Crippen LogP contribution in [-0.4, -0.2) is 109 Å². The molecule has 5 heterocycles. The lowest BCUT2D eigenvalue weighted by Gasteiger charge is -2.37. The van der Waals surface area contributed by atoms with E-state index in [4.69, 9.17) is 24.2 Å². The van der Waals surface area contributed by atoms with Crippen molar-refractivity contribution in [3.63, 3.8) is 0 Å². The number of cyclic esters (lactones) is 1. The van der Waals surface area contributed by atoms with Gasteiger partial charge in [0.2, 0.25) is 5.91 Å². The van der Waals surface area contributed by atoms with Crippen LogP contribution in [0.4, 0.5) is 0 Å². The number of rotatable bonds is 11. The smallest absolute Gasteiger partial charge is 0.324 e. The molecule has 2 saturated heterocycles. The molecule has 0 spiro atoms. The Morgan fingerprint density at radius 3 is 2.64 bits per heavy atom. The highest BCUT2D eigenvalue weighted by molar-refractivity contribution is 7.10. The molecule has 0 radical (unpaired) electrons. The van der Waals surface area contributed by atoms with Crippen LogP contribution in [0, 0.1) is 23.2 Å². The molecule has 0 unspecified atom stereocenters. The van der Waals surface area contributed by atoms with Crippen molar-refractivity contribution in [1.29, 1.82) is 0 Å². The standard InChI is InChI=1S/C47H65N7O6S/c1-10-32(39(48-11-2)29(5)58-9)41-35-24-47(6,7)27-60-46(57)36-14-13-19-54(51-36)45(56)40(50-43(55)33-22-28(33)4)42(59-25-30-17-20-52(8)21-18-30)44-49-37(26-61-44)31-15-16-38(34(35)23-31)53(41)12-3/h10-11,15-16,23,26,28-30,33,36,40,42,51H,1,12-14,17-22,24-25,27H2,2-9H3,(H,50,55)/b39-32+,48-11-/t28-,29-,33-,36-,40-,42-/m0/s1. The zero-order valence-corrected chi connectivity index (χ0v) is 38.1. The van der Waals surface area contributed by atoms with Crippen molar-refractivity contribution in [2.24, 2.45) is 28.2 Å². The number of amides is 2. The number of aromatic nitrogens is 2. The number of piperidine rings is 1. The number of nitrogens with one attached hydrogen (secondary N) is 2. The summed E-state index contributed by atoms with van der Waals surface area (Å²) < 4.78 is 21.1. The van der Waals surface area contributed by atoms with Crippen LogP contribution in [0.1, 0.15) is 96.0 Å². The zero-order chi connectivity index (χ0) is 43.6. The number of carbonyl (C=O) groups is 3. The number of carbonyl (C=O) groups excluding carboxylic acids is 3. The van der Waals surface area contributed by atoms with E-state index in [0.717, 1.165) is 77.0 Å². The average Bonchev–Trinajstić information content (AvgIpc) is 3.66. The van der Waals surface area contributed by atoms with Gasteiger partial charge in [-0.1, -0.05) is 39.5 Å². The first-order chi connectivity index (χ1) is 29.3. The normalized spacial score (nSPS) is 26.2. The fourth-order valence-corrected chi connectivity index (χ4v) is 10.00. The van der Waals surface area contributed by atoms with E-state index in [1.807, 2.05) is 32.2 Å². The maximum Gasteiger partial charge on any atom is 0.324 e. The Labute approximate surface area is 364 Å². The van der Waals surface area contributed by atoms with E-state index >= 15 is 0 Å². The van der Waals surface area contributed by atoms with Crippen LogP contribution in [-0.2, 0) is 41.6 Å². The lowest BCUT2D eigenvalue weighted by atomic mass is 9.84. The molecule has 2 aromatic heterocycles. The van der Waals surface area contributed by atoms with Crippen molar-refractivity contribution in [3.8, 4) is 11.3 Å². The van der Waals surface area contributed by atoms with Gasteiger partial charge < -0.3 is 29.0 Å². The van der Waals surface area contributed by atoms with Crippen LogP contribution in [0.2, 0.25) is 0 Å². The van der Waals surface area contributed by atoms with E-state index in [0.29, 0.717) is 49.9 Å². The Hall–Kier alpha value is -4.21. The maximum absolute atomic E-state index is 14.8. The first kappa shape index (κ1) is 44.8. The van der Waals surface area contributed by atoms with Gasteiger partial charge in [-0.3, -0.25) is 24.4 Å². The number of thiazole rings is 1. The van der Waals surface area contributed by atoms with E-state index in [1.165, 1.54) is 16.3 Å². The lowest BCUT2D eigenvalue weighted by Crippen LogP contribution is -2.61. The van der Waals surface area contributed by atoms with Crippen LogP contribution < -0.4 is 10.7 Å². The number of hydrazine groups is 1. The minimum absolute atomic E-state index is 0.151. The van der Waals surface area contributed by atoms with E-state index in [9.17, 15) is 14.4 Å². The number of aliphatic imine (C=N–C) groups is 1. The molecule has 3 aromatic rings. The molecule has 6 atom stereocenters. The van der Waals surface area contributed by atoms with E-state index in [1.54, 1.807) is 13.3 Å². The second-order valence-corrected chi connectivity index (χ2v) is 19.1. The molecule has 330 valence electrons. The second-order valence-electron chi connectivity index (χ2n) is 18.2. The summed E-state index contributed by atoms with van der Waals surface area (Å²) in [5, 5.41) is 8.32. The van der Waals surface area contributed by atoms with Gasteiger partial charge in [0.05, 0.1) is 36.4 Å². The number of fused-ring (bicyclic) bond motifs is 6. The number of nitrogens with zero attached hydrogens (tertiary/aromatic N) is 5. The predicted octanol–water partition coefficient (Wildman–Crippen LogP) is 6.97. The van der Waals surface area contributed by atoms with Gasteiger partial charge in [0.25, 0.3) is 5.91 Å². The topological polar surface area (TPSA) is 140 Å². The Morgan fingerprint density at radius 1 is 1.21 bits per heavy atom. The number of hydrogen-bond donors (Lipinski definition) is 2. The molecule has 2 N–H and O–H groups in total. The average molecular weight is 856 g/mol. The third-order valence-electron chi connectivity index (χ3n) is 12.9. The summed E-state index contributed by atoms with van der Waals surface area (Å²) >= 11 is 1.44. The van der Waals surface area contributed by atoms with Crippen molar-refractivity contribution >= 4 is 51.8 Å². The van der Waals surface area contributed by atoms with Gasteiger partial charge in [0.1, 0.15) is 23.2 Å². The molecule has 14 heteroatoms. The quantitative estimate of drug-likeness (QED) is 0.119. The van der Waals surface area contributed by atoms with Crippen molar-refractivity contribution in [2.45, 2.75) is 111 Å². The number of likely N-dealkylation sites (tertiary alicyclic amines) is 1. The number of benzene rings is 1. The highest BCUT2D eigenvalue weighted by atomic mass is 32.1. The number of methoxy groups -OCH3 is 1. The van der Waals surface area contributed by atoms with Crippen molar-refractivity contribution in [3.05, 3.63) is 58.2 Å². The van der Waals surface area contributed by atoms with Gasteiger partial charge in [0.15, 0.2) is 0 Å². The lowest BCUT2D eigenvalue weighted by molar-refractivity contribution is -0.157. The number of esters is 1. The van der Waals surface area contributed by atoms with Gasteiger partial charge in [-0.25, -0.2) is 10.4 Å². The summed E-state index contributed by atoms with van der Waals surface area (Å²) in [5.41, 5.74) is 9.16. The summed E-state index contributed by atoms with van der Waals surface area (Å²) in [6.07, 6.45) is 6.89. The van der Waals surface area contributed by atoms with Gasteiger partial charge in [-0.2, -0.15) is 0 Å². The highest BCUT2D eigenvalue weighted by Crippen LogP contribution is 2.42. The third-order valence-corrected chi connectivity index (χ3v) is 13.9. The number of aryl methyl sites for hydroxylation is 1. The molecule has 13 nitrogen and oxygen atoms in total. The molecular formula is C47H65N7O6S. The monoisotopic (exact) mass is 855 g/mol. The molecule has 4 aliphatic rings. The summed E-state index contributed by atoms with van der Waals surface area (Å²) in [5.74, 6) is -0.558. The Morgan fingerprint density at radius 2 is 1.97 bits per heavy atom. The van der Waals surface area contributed by atoms with Crippen molar-refractivity contribution < 1.29 is 28.6 Å². The second kappa shape index (κ2) is 19.0. The summed E-state index contributed by atoms with van der Waals surface area (Å²) in [6.45, 7) is 20.2. The van der Waals surface area contributed by atoms with Crippen LogP contribution >= 0.6 is 11.3 Å². The highest BCUT2D eigenvalue weighted by Gasteiger charge is 2.45. The largest absolute Gasteiger partial charge is 0.464 e. The van der Waals surface area contributed by atoms with Crippen molar-refractivity contribution in [2.75, 3.05) is 47.0 Å². The summed E-state index contributed by atoms with van der Waals surface area (Å²) in [4.78, 5) is 54.9. The summed E-state index contributed by atoms with van der Waals surface area (Å²) in [6, 6.07) is 4.63. The van der Waals surface area contributed by atoms with Crippen molar-refractivity contribution in [1.82, 2.24) is 30.2 Å². The minimum Gasteiger partial charge on any atom is -0.464 e. The number of allylic oxidation sites excluding steroid dienone is 2. The first-order valence-corrected chi connectivity index (χ1v) is 23.0. The maximum atomic E-state index is 14.8. The fourth-order valence-electron chi connectivity index (χ4n) is 9.09. The molecule has 7 rings (SSSR count). The van der Waals surface area contributed by atoms with Crippen LogP contribution in [0.25, 0.3) is 27.7 Å². The van der Waals surface area contributed by atoms with Gasteiger partial charge >= 0.3 is 5.97 Å². The fraction of sp³-hybridized carbons (Fsp3) is 0.596. The van der Waals surface area contributed by atoms with Gasteiger partial charge in [-0.05, 0) is 109 Å². The third kappa shape index (κ3) is 9.73. The molecule has 1 aromatic carbocycles. The number of ether oxygens (including phenoxy) is 3. The first-order valence-electron chi connectivity index (χ1n) is 22.1. The molecule has 1 aliphatic carbocycles. The van der Waals surface area contributed by atoms with Gasteiger partial charge in [0, 0.05) is 65.2 Å². The van der Waals surface area contributed by atoms with Crippen LogP contribution in [0.15, 0.2) is 46.9 Å². The molecule has 6 bridgehead atoms. The molecular weight excluding hydrogens is 791 g/mol. The summed E-state index contributed by atoms with van der Waals surface area (Å²) in [7, 11) is 3.81. The zero-order valence-electron chi connectivity index (χ0n) is 37.3. The molecule has 3 fully saturated rings. The molecule has 1 saturated carbocycles. The Balaban J connectivity index is 1.40. The van der Waals surface area contributed by atoms with E-state index < -0.39 is 29.6 Å². The molecule has 3 aliphatic heterocycles. The number of hydrogen-bond acceptors (Lipinski definition) is 11. The van der Waals surface area contributed by atoms with E-state index in [2.05, 4.69) is 72.8 Å². The van der Waals surface area contributed by atoms with Gasteiger partial charge in [-0.15, -0.1) is 11.3 Å². The minimum atomic E-state index is -1.07. The molecule has 2 amide bonds. The predicted molar refractivity (Wildman–Crippen MR) is 241 cm³/mol. The van der Waals surface area contributed by atoms with Crippen LogP contribution in [0.5, 0.6) is 0 Å². The Bertz CT molecular complexity index is 2170. The SMILES string of the molecule is C=C/C(=C(\N=C/C)[C@H](C)OC)c1c2c3cc(ccc3n1CC)-c1csc(n1)[C@@H](OCC1CCN(C)CC1)[C@H](NC(=O)[C@H]1C[C@@H]1C)C(=O)N1CCC[C@H](N1)C(=O)OCC(C)(C)C2. The van der Waals surface area contributed by atoms with Crippen LogP contribution in [0.3, 0.4) is 0 Å².